The molecule has 2 heteroatoms. The highest BCUT2D eigenvalue weighted by Gasteiger charge is 2.00. The molecule has 0 aliphatic rings. The normalized spacial score (nSPS) is 13.4. The summed E-state index contributed by atoms with van der Waals surface area (Å²) in [7, 11) is 0. The molecule has 0 N–H and O–H groups in total. The molecule has 0 aliphatic heterocycles. The molecule has 0 saturated carbocycles. The van der Waals surface area contributed by atoms with E-state index >= 15 is 0 Å². The molecule has 0 unspecified atom stereocenters. The van der Waals surface area contributed by atoms with E-state index in [1.54, 1.807) is 0 Å². The van der Waals surface area contributed by atoms with Gasteiger partial charge in [-0.2, -0.15) is 0 Å². The minimum atomic E-state index is 0.717. The monoisotopic (exact) mass is 270 g/mol. The number of halogens is 1. The van der Waals surface area contributed by atoms with Gasteiger partial charge in [-0.3, -0.25) is 0 Å². The van der Waals surface area contributed by atoms with Crippen molar-refractivity contribution in [2.24, 2.45) is 0 Å². The molecule has 0 radical (unpaired) electrons. The van der Waals surface area contributed by atoms with Crippen LogP contribution in [-0.4, -0.2) is 17.1 Å². The second-order valence-corrected chi connectivity index (χ2v) is 4.58. The third-order valence-electron chi connectivity index (χ3n) is 1.54. The van der Waals surface area contributed by atoms with E-state index in [0.717, 1.165) is 17.1 Å². The average molecular weight is 270 g/mol. The Morgan fingerprint density at radius 3 is 2.55 bits per heavy atom. The zero-order chi connectivity index (χ0) is 8.53. The second kappa shape index (κ2) is 8.78. The Kier molecular flexibility index (Phi) is 9.33. The van der Waals surface area contributed by atoms with E-state index in [2.05, 4.69) is 36.4 Å². The fourth-order valence-corrected chi connectivity index (χ4v) is 1.73. The maximum absolute atomic E-state index is 5.48. The molecule has 0 aromatic rings. The van der Waals surface area contributed by atoms with Crippen LogP contribution in [0.2, 0.25) is 0 Å². The Bertz CT molecular complexity index is 76.0. The average Bonchev–Trinajstić information content (AvgIpc) is 1.99. The van der Waals surface area contributed by atoms with Crippen LogP contribution in [0.25, 0.3) is 0 Å². The van der Waals surface area contributed by atoms with Gasteiger partial charge in [-0.1, -0.05) is 49.3 Å². The van der Waals surface area contributed by atoms with Crippen molar-refractivity contribution in [2.45, 2.75) is 43.5 Å². The zero-order valence-corrected chi connectivity index (χ0v) is 9.76. The Balaban J connectivity index is 2.97. The van der Waals surface area contributed by atoms with Crippen LogP contribution >= 0.6 is 22.6 Å². The van der Waals surface area contributed by atoms with Crippen LogP contribution in [0.1, 0.15) is 39.5 Å². The lowest BCUT2D eigenvalue weighted by molar-refractivity contribution is 0.133. The van der Waals surface area contributed by atoms with Gasteiger partial charge >= 0.3 is 0 Å². The van der Waals surface area contributed by atoms with Crippen molar-refractivity contribution in [2.75, 3.05) is 13.2 Å². The molecule has 68 valence electrons. The van der Waals surface area contributed by atoms with Crippen LogP contribution in [0.15, 0.2) is 0 Å². The van der Waals surface area contributed by atoms with Gasteiger partial charge in [0.2, 0.25) is 0 Å². The quantitative estimate of drug-likeness (QED) is 0.391. The summed E-state index contributed by atoms with van der Waals surface area (Å²) in [5.41, 5.74) is 0. The highest BCUT2D eigenvalue weighted by Crippen LogP contribution is 2.08. The van der Waals surface area contributed by atoms with Gasteiger partial charge in [-0.05, 0) is 12.8 Å². The summed E-state index contributed by atoms with van der Waals surface area (Å²) in [5, 5.41) is 0. The second-order valence-electron chi connectivity index (χ2n) is 2.81. The first-order chi connectivity index (χ1) is 5.31. The number of ether oxygens (including phenoxy) is 1. The van der Waals surface area contributed by atoms with Crippen LogP contribution in [0, 0.1) is 0 Å². The SMILES string of the molecule is CCCCOC[C@@H](I)CCC. The van der Waals surface area contributed by atoms with Crippen molar-refractivity contribution in [3.05, 3.63) is 0 Å². The maximum atomic E-state index is 5.48. The van der Waals surface area contributed by atoms with Crippen molar-refractivity contribution in [3.63, 3.8) is 0 Å². The summed E-state index contributed by atoms with van der Waals surface area (Å²) in [6, 6.07) is 0. The Morgan fingerprint density at radius 1 is 1.27 bits per heavy atom. The molecule has 0 amide bonds. The summed E-state index contributed by atoms with van der Waals surface area (Å²) in [4.78, 5) is 0. The van der Waals surface area contributed by atoms with Gasteiger partial charge in [0.25, 0.3) is 0 Å². The molecule has 0 aliphatic carbocycles. The molecule has 0 rings (SSSR count). The van der Waals surface area contributed by atoms with Crippen molar-refractivity contribution in [1.29, 1.82) is 0 Å². The van der Waals surface area contributed by atoms with Gasteiger partial charge in [-0.15, -0.1) is 0 Å². The molecular formula is C9H19IO. The maximum Gasteiger partial charge on any atom is 0.0583 e. The van der Waals surface area contributed by atoms with Crippen molar-refractivity contribution in [3.8, 4) is 0 Å². The minimum Gasteiger partial charge on any atom is -0.380 e. The van der Waals surface area contributed by atoms with Gasteiger partial charge in [0.15, 0.2) is 0 Å². The van der Waals surface area contributed by atoms with E-state index in [1.165, 1.54) is 25.7 Å². The standard InChI is InChI=1S/C9H19IO/c1-3-5-7-11-8-9(10)6-4-2/h9H,3-8H2,1-2H3/t9-/m0/s1. The Labute approximate surface area is 84.0 Å². The van der Waals surface area contributed by atoms with Gasteiger partial charge in [0, 0.05) is 10.5 Å². The molecule has 0 bridgehead atoms. The van der Waals surface area contributed by atoms with Crippen LogP contribution in [0.3, 0.4) is 0 Å². The summed E-state index contributed by atoms with van der Waals surface area (Å²) in [6.45, 7) is 6.29. The molecule has 1 atom stereocenters. The molecule has 0 heterocycles. The first-order valence-corrected chi connectivity index (χ1v) is 5.77. The minimum absolute atomic E-state index is 0.717. The summed E-state index contributed by atoms with van der Waals surface area (Å²) >= 11 is 2.47. The number of unbranched alkanes of at least 4 members (excludes halogenated alkanes) is 1. The topological polar surface area (TPSA) is 9.23 Å². The van der Waals surface area contributed by atoms with Crippen molar-refractivity contribution >= 4 is 22.6 Å². The van der Waals surface area contributed by atoms with E-state index < -0.39 is 0 Å². The predicted octanol–water partition coefficient (Wildman–Crippen LogP) is 3.41. The molecule has 0 saturated heterocycles. The zero-order valence-electron chi connectivity index (χ0n) is 7.61. The fraction of sp³-hybridized carbons (Fsp3) is 1.00. The molecular weight excluding hydrogens is 251 g/mol. The molecule has 0 aromatic heterocycles. The third-order valence-corrected chi connectivity index (χ3v) is 2.53. The molecule has 1 nitrogen and oxygen atoms in total. The van der Waals surface area contributed by atoms with E-state index in [0.29, 0.717) is 0 Å². The van der Waals surface area contributed by atoms with Gasteiger partial charge in [-0.25, -0.2) is 0 Å². The number of hydrogen-bond acceptors (Lipinski definition) is 1. The largest absolute Gasteiger partial charge is 0.380 e. The smallest absolute Gasteiger partial charge is 0.0583 e. The van der Waals surface area contributed by atoms with Crippen molar-refractivity contribution < 1.29 is 4.74 Å². The molecule has 11 heavy (non-hydrogen) atoms. The Morgan fingerprint density at radius 2 is 2.00 bits per heavy atom. The van der Waals surface area contributed by atoms with Gasteiger partial charge in [0.05, 0.1) is 6.61 Å². The van der Waals surface area contributed by atoms with Crippen LogP contribution in [0.4, 0.5) is 0 Å². The molecule has 0 spiro atoms. The fourth-order valence-electron chi connectivity index (χ4n) is 0.854. The number of alkyl halides is 1. The van der Waals surface area contributed by atoms with E-state index in [1.807, 2.05) is 0 Å². The third kappa shape index (κ3) is 8.60. The van der Waals surface area contributed by atoms with E-state index in [-0.39, 0.29) is 0 Å². The highest BCUT2D eigenvalue weighted by atomic mass is 127. The number of rotatable bonds is 7. The molecule has 0 fully saturated rings. The van der Waals surface area contributed by atoms with Gasteiger partial charge in [0.1, 0.15) is 0 Å². The lowest BCUT2D eigenvalue weighted by atomic mass is 10.3. The van der Waals surface area contributed by atoms with Crippen LogP contribution in [-0.2, 0) is 4.74 Å². The Hall–Kier alpha value is 0.690. The summed E-state index contributed by atoms with van der Waals surface area (Å²) in [6.07, 6.45) is 4.99. The lowest BCUT2D eigenvalue weighted by Crippen LogP contribution is -2.08. The number of hydrogen-bond donors (Lipinski definition) is 0. The summed E-state index contributed by atoms with van der Waals surface area (Å²) in [5.74, 6) is 0. The van der Waals surface area contributed by atoms with Crippen LogP contribution < -0.4 is 0 Å². The van der Waals surface area contributed by atoms with Crippen molar-refractivity contribution in [1.82, 2.24) is 0 Å². The predicted molar refractivity (Wildman–Crippen MR) is 58.4 cm³/mol. The summed E-state index contributed by atoms with van der Waals surface area (Å²) < 4.78 is 6.20. The van der Waals surface area contributed by atoms with E-state index in [4.69, 9.17) is 4.74 Å². The lowest BCUT2D eigenvalue weighted by Gasteiger charge is -2.08. The first-order valence-electron chi connectivity index (χ1n) is 4.53. The first kappa shape index (κ1) is 11.7. The molecule has 0 aromatic carbocycles. The van der Waals surface area contributed by atoms with Gasteiger partial charge < -0.3 is 4.74 Å². The van der Waals surface area contributed by atoms with E-state index in [9.17, 15) is 0 Å². The van der Waals surface area contributed by atoms with Crippen LogP contribution in [0.5, 0.6) is 0 Å². The highest BCUT2D eigenvalue weighted by molar-refractivity contribution is 14.1.